The Balaban J connectivity index is 1.47. The molecule has 0 aliphatic heterocycles. The molecule has 0 amide bonds. The highest BCUT2D eigenvalue weighted by Gasteiger charge is 2.33. The summed E-state index contributed by atoms with van der Waals surface area (Å²) in [6.07, 6.45) is 0. The predicted octanol–water partition coefficient (Wildman–Crippen LogP) is 12.5. The highest BCUT2D eigenvalue weighted by molar-refractivity contribution is 6.26. The van der Waals surface area contributed by atoms with Crippen molar-refractivity contribution in [3.63, 3.8) is 0 Å². The molecule has 1 aliphatic carbocycles. The summed E-state index contributed by atoms with van der Waals surface area (Å²) >= 11 is 0. The molecule has 0 saturated carbocycles. The van der Waals surface area contributed by atoms with Gasteiger partial charge in [-0.3, -0.25) is 0 Å². The van der Waals surface area contributed by atoms with Crippen LogP contribution in [0.5, 0.6) is 0 Å². The summed E-state index contributed by atoms with van der Waals surface area (Å²) in [4.78, 5) is 0. The third kappa shape index (κ3) is 3.32. The molecule has 10 rings (SSSR count). The topological polar surface area (TPSA) is 0 Å². The molecular formula is C45H30. The van der Waals surface area contributed by atoms with Gasteiger partial charge in [0.25, 0.3) is 0 Å². The van der Waals surface area contributed by atoms with Gasteiger partial charge in [0.2, 0.25) is 0 Å². The number of rotatable bonds is 2. The maximum atomic E-state index is 9.99. The Bertz CT molecular complexity index is 4000. The van der Waals surface area contributed by atoms with Crippen LogP contribution in [0.1, 0.15) is 57.9 Å². The molecular weight excluding hydrogens is 540 g/mol. The summed E-state index contributed by atoms with van der Waals surface area (Å²) in [5.74, 6) is 0. The van der Waals surface area contributed by atoms with Gasteiger partial charge in [0.15, 0.2) is 0 Å². The molecule has 1 aliphatic rings. The van der Waals surface area contributed by atoms with E-state index in [0.717, 1.165) is 0 Å². The molecule has 0 unspecified atom stereocenters. The summed E-state index contributed by atoms with van der Waals surface area (Å²) < 4.78 is 219. The number of benzene rings is 9. The van der Waals surface area contributed by atoms with E-state index in [1.165, 1.54) is 13.8 Å². The Hall–Kier alpha value is -5.46. The van der Waals surface area contributed by atoms with Crippen LogP contribution >= 0.6 is 0 Å². The lowest BCUT2D eigenvalue weighted by molar-refractivity contribution is 0.645. The molecule has 9 aromatic carbocycles. The number of hydrogen-bond donors (Lipinski definition) is 0. The molecule has 0 radical (unpaired) electrons. The van der Waals surface area contributed by atoms with Crippen molar-refractivity contribution in [2.24, 2.45) is 0 Å². The van der Waals surface area contributed by atoms with Gasteiger partial charge in [-0.2, -0.15) is 0 Å². The van der Waals surface area contributed by atoms with Crippen molar-refractivity contribution < 1.29 is 32.9 Å². The third-order valence-corrected chi connectivity index (χ3v) is 8.62. The largest absolute Gasteiger partial charge is 0.0636 e. The van der Waals surface area contributed by atoms with Crippen molar-refractivity contribution >= 4 is 53.9 Å². The minimum Gasteiger partial charge on any atom is -0.0619 e. The standard InChI is InChI=1S/C45H30/c1-45(2)40-15-4-3-11-35(40)37-14-7-13-36-32(24-25-41(45)44(36)37)31-19-16-27-8-6-12-33(39(27)26-31)34-22-20-30-18-17-28-9-5-10-29-21-23-38(34)43(30)42(28)29/h3-26H,1-2H3/i3D,4D,5D,6D,7D,8D,9D,10D,11D,12D,13D,14D,15D,16D,17D,18D,19D,20D,21D,22D,23D,24D,25D,26D. The van der Waals surface area contributed by atoms with E-state index in [9.17, 15) is 13.7 Å². The first-order valence-corrected chi connectivity index (χ1v) is 14.0. The smallest absolute Gasteiger partial charge is 0.0619 e. The van der Waals surface area contributed by atoms with Crippen molar-refractivity contribution in [2.45, 2.75) is 19.3 Å². The van der Waals surface area contributed by atoms with Crippen LogP contribution in [0.15, 0.2) is 145 Å². The van der Waals surface area contributed by atoms with E-state index in [4.69, 9.17) is 19.2 Å². The summed E-state index contributed by atoms with van der Waals surface area (Å²) in [6, 6.07) is -18.0. The van der Waals surface area contributed by atoms with Crippen molar-refractivity contribution in [3.05, 3.63) is 156 Å². The Morgan fingerprint density at radius 1 is 0.378 bits per heavy atom. The first-order valence-electron chi connectivity index (χ1n) is 26.0. The predicted molar refractivity (Wildman–Crippen MR) is 194 cm³/mol. The molecule has 0 bridgehead atoms. The van der Waals surface area contributed by atoms with Crippen LogP contribution in [0.2, 0.25) is 0 Å². The Labute approximate surface area is 296 Å². The van der Waals surface area contributed by atoms with Crippen LogP contribution in [0.3, 0.4) is 0 Å². The van der Waals surface area contributed by atoms with E-state index in [1.54, 1.807) is 0 Å². The van der Waals surface area contributed by atoms with Gasteiger partial charge in [0.1, 0.15) is 0 Å². The lowest BCUT2D eigenvalue weighted by Crippen LogP contribution is -2.23. The van der Waals surface area contributed by atoms with E-state index in [1.807, 2.05) is 0 Å². The van der Waals surface area contributed by atoms with Gasteiger partial charge >= 0.3 is 0 Å². The first-order chi connectivity index (χ1) is 32.1. The molecule has 210 valence electrons. The van der Waals surface area contributed by atoms with Crippen LogP contribution in [0.4, 0.5) is 0 Å². The summed E-state index contributed by atoms with van der Waals surface area (Å²) in [7, 11) is 0. The zero-order valence-electron chi connectivity index (χ0n) is 47.5. The molecule has 45 heavy (non-hydrogen) atoms. The van der Waals surface area contributed by atoms with Gasteiger partial charge in [-0.25, -0.2) is 0 Å². The molecule has 0 atom stereocenters. The second-order valence-electron chi connectivity index (χ2n) is 11.4. The van der Waals surface area contributed by atoms with Crippen molar-refractivity contribution in [1.29, 1.82) is 0 Å². The number of hydrogen-bond acceptors (Lipinski definition) is 0. The average molecular weight is 595 g/mol. The third-order valence-electron chi connectivity index (χ3n) is 8.62. The van der Waals surface area contributed by atoms with Crippen LogP contribution in [0.25, 0.3) is 87.2 Å². The average Bonchev–Trinajstić information content (AvgIpc) is 3.29. The van der Waals surface area contributed by atoms with Gasteiger partial charge in [-0.05, 0) is 104 Å². The van der Waals surface area contributed by atoms with Crippen molar-refractivity contribution in [1.82, 2.24) is 0 Å². The minimum absolute atomic E-state index is 0.0516. The lowest BCUT2D eigenvalue weighted by Gasteiger charge is -2.35. The summed E-state index contributed by atoms with van der Waals surface area (Å²) in [5, 5.41) is -4.01. The fourth-order valence-electron chi connectivity index (χ4n) is 6.50. The summed E-state index contributed by atoms with van der Waals surface area (Å²) in [6.45, 7) is 3.05. The van der Waals surface area contributed by atoms with E-state index >= 15 is 0 Å². The molecule has 0 heterocycles. The molecule has 0 aromatic heterocycles. The highest BCUT2D eigenvalue weighted by atomic mass is 14.4. The van der Waals surface area contributed by atoms with E-state index in [2.05, 4.69) is 0 Å². The fourth-order valence-corrected chi connectivity index (χ4v) is 6.50. The van der Waals surface area contributed by atoms with Crippen molar-refractivity contribution in [3.8, 4) is 33.4 Å². The zero-order valence-corrected chi connectivity index (χ0v) is 23.5. The minimum atomic E-state index is -1.55. The van der Waals surface area contributed by atoms with Gasteiger partial charge < -0.3 is 0 Å². The van der Waals surface area contributed by atoms with Crippen LogP contribution < -0.4 is 0 Å². The Morgan fingerprint density at radius 2 is 0.978 bits per heavy atom. The Kier molecular flexibility index (Phi) is 2.18. The second kappa shape index (κ2) is 8.80. The molecule has 0 spiro atoms. The van der Waals surface area contributed by atoms with Crippen LogP contribution in [0, 0.1) is 0 Å². The molecule has 0 saturated heterocycles. The SMILES string of the molecule is [2H]c1c([2H])c([2H])c2c(c1[2H])-c1c([2H])c([2H])c([2H])c3c(-c4c([2H])c([2H])c5c([2H])c([2H])c([2H])c(-c6c([2H])c([2H])c7c([2H])c([2H])c8c([2H])c([2H])c([2H])c9c([2H])c([2H])c6c7c89)c5c4[2H])c([2H])c([2H])c(c13)C2(C)C. The first kappa shape index (κ1) is 11.2. The lowest BCUT2D eigenvalue weighted by atomic mass is 9.68. The maximum Gasteiger partial charge on any atom is 0.0636 e. The molecule has 0 fully saturated rings. The van der Waals surface area contributed by atoms with E-state index in [0.29, 0.717) is 0 Å². The normalized spacial score (nSPS) is 21.2. The Morgan fingerprint density at radius 3 is 1.87 bits per heavy atom. The van der Waals surface area contributed by atoms with E-state index in [-0.39, 0.29) is 49.2 Å². The maximum absolute atomic E-state index is 9.99. The van der Waals surface area contributed by atoms with Crippen molar-refractivity contribution in [2.75, 3.05) is 0 Å². The second-order valence-corrected chi connectivity index (χ2v) is 11.4. The molecule has 0 N–H and O–H groups in total. The van der Waals surface area contributed by atoms with Crippen LogP contribution in [-0.2, 0) is 5.41 Å². The van der Waals surface area contributed by atoms with Crippen LogP contribution in [-0.4, -0.2) is 0 Å². The highest BCUT2D eigenvalue weighted by Crippen LogP contribution is 2.50. The number of fused-ring (bicyclic) bond motifs is 3. The quantitative estimate of drug-likeness (QED) is 0.175. The summed E-state index contributed by atoms with van der Waals surface area (Å²) in [5.41, 5.74) is -4.72. The molecule has 9 aromatic rings. The fraction of sp³-hybridized carbons (Fsp3) is 0.0667. The molecule has 0 heteroatoms. The zero-order chi connectivity index (χ0) is 50.7. The van der Waals surface area contributed by atoms with Gasteiger partial charge in [0.05, 0.1) is 32.9 Å². The monoisotopic (exact) mass is 594 g/mol. The van der Waals surface area contributed by atoms with Gasteiger partial charge in [0, 0.05) is 5.41 Å². The van der Waals surface area contributed by atoms with Gasteiger partial charge in [-0.15, -0.1) is 0 Å². The van der Waals surface area contributed by atoms with Gasteiger partial charge in [-0.1, -0.05) is 153 Å². The molecule has 0 nitrogen and oxygen atoms in total. The van der Waals surface area contributed by atoms with E-state index < -0.39 is 200 Å².